The van der Waals surface area contributed by atoms with E-state index in [0.29, 0.717) is 74.7 Å². The van der Waals surface area contributed by atoms with E-state index in [4.69, 9.17) is 0 Å². The van der Waals surface area contributed by atoms with Crippen molar-refractivity contribution in [3.05, 3.63) is 72.7 Å². The minimum absolute atomic E-state index is 0.127. The molecule has 0 aliphatic rings. The number of aromatic amines is 2. The number of nitrogens with one attached hydrogen (secondary N) is 4. The molecule has 4 aromatic heterocycles. The van der Waals surface area contributed by atoms with E-state index in [2.05, 4.69) is 40.8 Å². The molecule has 10 nitrogen and oxygen atoms in total. The van der Waals surface area contributed by atoms with Crippen molar-refractivity contribution in [3.63, 3.8) is 0 Å². The molecule has 2 aromatic carbocycles. The maximum Gasteiger partial charge on any atom is 0.224 e. The van der Waals surface area contributed by atoms with Crippen LogP contribution in [0.3, 0.4) is 0 Å². The van der Waals surface area contributed by atoms with Crippen molar-refractivity contribution in [2.75, 3.05) is 37.8 Å². The average molecular weight is 624 g/mol. The molecule has 0 aliphatic heterocycles. The quantitative estimate of drug-likeness (QED) is 0.139. The third-order valence-electron chi connectivity index (χ3n) is 7.38. The SMILES string of the molecule is CN(C)CCNc1cc(F)cc(-c2ccnc3nc(-c4[nH]nc5c(F)cc(-c6cncc(NC(=O)CC(C)(C)C)c6)cc45)[nH]c23)c1. The Kier molecular flexibility index (Phi) is 8.22. The molecule has 6 aromatic rings. The van der Waals surface area contributed by atoms with Crippen molar-refractivity contribution in [2.24, 2.45) is 5.41 Å². The number of aromatic nitrogens is 6. The van der Waals surface area contributed by atoms with Crippen LogP contribution in [-0.4, -0.2) is 68.1 Å². The van der Waals surface area contributed by atoms with Gasteiger partial charge in [0, 0.05) is 54.1 Å². The second-order valence-corrected chi connectivity index (χ2v) is 12.8. The number of pyridine rings is 2. The molecule has 236 valence electrons. The van der Waals surface area contributed by atoms with Crippen LogP contribution in [0, 0.1) is 17.0 Å². The molecule has 0 radical (unpaired) electrons. The number of benzene rings is 2. The Balaban J connectivity index is 1.35. The molecule has 0 saturated heterocycles. The third kappa shape index (κ3) is 6.71. The molecule has 0 aliphatic carbocycles. The summed E-state index contributed by atoms with van der Waals surface area (Å²) in [5.41, 5.74) is 5.18. The number of imidazole rings is 1. The second-order valence-electron chi connectivity index (χ2n) is 12.8. The minimum Gasteiger partial charge on any atom is -0.384 e. The molecule has 0 atom stereocenters. The van der Waals surface area contributed by atoms with E-state index in [9.17, 15) is 9.18 Å². The summed E-state index contributed by atoms with van der Waals surface area (Å²) in [6.07, 6.45) is 5.14. The van der Waals surface area contributed by atoms with Crippen LogP contribution in [0.5, 0.6) is 0 Å². The average Bonchev–Trinajstić information content (AvgIpc) is 3.60. The summed E-state index contributed by atoms with van der Waals surface area (Å²) >= 11 is 0. The van der Waals surface area contributed by atoms with E-state index in [1.165, 1.54) is 18.2 Å². The van der Waals surface area contributed by atoms with Gasteiger partial charge in [-0.3, -0.25) is 14.9 Å². The van der Waals surface area contributed by atoms with Gasteiger partial charge in [-0.2, -0.15) is 5.10 Å². The Morgan fingerprint density at radius 2 is 1.78 bits per heavy atom. The topological polar surface area (TPSA) is 128 Å². The van der Waals surface area contributed by atoms with E-state index < -0.39 is 5.82 Å². The predicted molar refractivity (Wildman–Crippen MR) is 177 cm³/mol. The number of carbonyl (C=O) groups excluding carboxylic acids is 1. The van der Waals surface area contributed by atoms with Crippen LogP contribution in [0.2, 0.25) is 0 Å². The lowest BCUT2D eigenvalue weighted by molar-refractivity contribution is -0.117. The highest BCUT2D eigenvalue weighted by molar-refractivity contribution is 5.98. The van der Waals surface area contributed by atoms with Crippen LogP contribution in [0.25, 0.3) is 55.8 Å². The van der Waals surface area contributed by atoms with Crippen molar-refractivity contribution in [1.29, 1.82) is 0 Å². The summed E-state index contributed by atoms with van der Waals surface area (Å²) in [5.74, 6) is -0.625. The first-order valence-electron chi connectivity index (χ1n) is 14.9. The predicted octanol–water partition coefficient (Wildman–Crippen LogP) is 6.86. The molecule has 0 spiro atoms. The van der Waals surface area contributed by atoms with Gasteiger partial charge in [0.2, 0.25) is 5.91 Å². The molecule has 0 saturated carbocycles. The van der Waals surface area contributed by atoms with E-state index in [0.717, 1.165) is 6.54 Å². The van der Waals surface area contributed by atoms with Gasteiger partial charge in [-0.15, -0.1) is 0 Å². The molecule has 12 heteroatoms. The van der Waals surface area contributed by atoms with Crippen LogP contribution in [-0.2, 0) is 4.79 Å². The molecule has 0 bridgehead atoms. The number of rotatable bonds is 9. The van der Waals surface area contributed by atoms with Gasteiger partial charge < -0.3 is 20.5 Å². The Hall–Kier alpha value is -5.23. The number of hydrogen-bond donors (Lipinski definition) is 4. The summed E-state index contributed by atoms with van der Waals surface area (Å²) < 4.78 is 30.1. The van der Waals surface area contributed by atoms with E-state index in [1.807, 2.05) is 45.8 Å². The maximum absolute atomic E-state index is 15.4. The van der Waals surface area contributed by atoms with Crippen molar-refractivity contribution >= 4 is 39.3 Å². The summed E-state index contributed by atoms with van der Waals surface area (Å²) in [6.45, 7) is 7.43. The highest BCUT2D eigenvalue weighted by atomic mass is 19.1. The zero-order valence-electron chi connectivity index (χ0n) is 26.3. The normalized spacial score (nSPS) is 11.9. The van der Waals surface area contributed by atoms with Gasteiger partial charge in [0.25, 0.3) is 0 Å². The van der Waals surface area contributed by atoms with Crippen LogP contribution in [0.1, 0.15) is 27.2 Å². The van der Waals surface area contributed by atoms with Gasteiger partial charge >= 0.3 is 0 Å². The van der Waals surface area contributed by atoms with E-state index >= 15 is 4.39 Å². The molecule has 0 unspecified atom stereocenters. The monoisotopic (exact) mass is 623 g/mol. The first-order chi connectivity index (χ1) is 21.9. The molecule has 0 fully saturated rings. The fraction of sp³-hybridized carbons (Fsp3) is 0.265. The molecular weight excluding hydrogens is 588 g/mol. The fourth-order valence-electron chi connectivity index (χ4n) is 5.32. The highest BCUT2D eigenvalue weighted by Crippen LogP contribution is 2.35. The van der Waals surface area contributed by atoms with Gasteiger partial charge in [0.15, 0.2) is 17.3 Å². The van der Waals surface area contributed by atoms with Crippen LogP contribution in [0.4, 0.5) is 20.2 Å². The van der Waals surface area contributed by atoms with Gasteiger partial charge in [0.1, 0.15) is 17.0 Å². The van der Waals surface area contributed by atoms with Gasteiger partial charge in [-0.1, -0.05) is 20.8 Å². The minimum atomic E-state index is -0.527. The summed E-state index contributed by atoms with van der Waals surface area (Å²) in [5, 5.41) is 13.8. The number of halogens is 2. The Morgan fingerprint density at radius 3 is 2.57 bits per heavy atom. The van der Waals surface area contributed by atoms with Gasteiger partial charge in [-0.05, 0) is 73.1 Å². The van der Waals surface area contributed by atoms with Gasteiger partial charge in [0.05, 0.1) is 17.4 Å². The number of anilines is 2. The molecule has 4 N–H and O–H groups in total. The zero-order valence-corrected chi connectivity index (χ0v) is 26.3. The fourth-order valence-corrected chi connectivity index (χ4v) is 5.32. The summed E-state index contributed by atoms with van der Waals surface area (Å²) in [4.78, 5) is 31.2. The molecule has 4 heterocycles. The molecule has 46 heavy (non-hydrogen) atoms. The number of fused-ring (bicyclic) bond motifs is 2. The summed E-state index contributed by atoms with van der Waals surface area (Å²) in [6, 6.07) is 11.6. The van der Waals surface area contributed by atoms with Crippen LogP contribution < -0.4 is 10.6 Å². The second kappa shape index (κ2) is 12.3. The number of likely N-dealkylation sites (N-methyl/N-ethyl adjacent to an activating group) is 1. The number of hydrogen-bond acceptors (Lipinski definition) is 7. The number of carbonyl (C=O) groups is 1. The third-order valence-corrected chi connectivity index (χ3v) is 7.38. The largest absolute Gasteiger partial charge is 0.384 e. The first kappa shape index (κ1) is 30.8. The molecule has 1 amide bonds. The van der Waals surface area contributed by atoms with Crippen molar-refractivity contribution in [1.82, 2.24) is 35.0 Å². The lowest BCUT2D eigenvalue weighted by Crippen LogP contribution is -2.20. The number of H-pyrrole nitrogens is 2. The Labute approximate surface area is 264 Å². The maximum atomic E-state index is 15.4. The smallest absolute Gasteiger partial charge is 0.224 e. The Morgan fingerprint density at radius 1 is 0.978 bits per heavy atom. The lowest BCUT2D eigenvalue weighted by atomic mass is 9.92. The zero-order chi connectivity index (χ0) is 32.6. The van der Waals surface area contributed by atoms with Crippen molar-refractivity contribution < 1.29 is 13.6 Å². The molecular formula is C34H35F2N9O. The highest BCUT2D eigenvalue weighted by Gasteiger charge is 2.20. The lowest BCUT2D eigenvalue weighted by Gasteiger charge is -2.17. The van der Waals surface area contributed by atoms with Gasteiger partial charge in [-0.25, -0.2) is 18.7 Å². The van der Waals surface area contributed by atoms with Crippen LogP contribution in [0.15, 0.2) is 61.1 Å². The standard InChI is InChI=1S/C34H35F2N9O/c1-34(2,3)16-28(46)40-24-12-21(17-37-18-24)19-13-26-29(27(36)14-19)43-44-31(26)33-41-30-25(6-7-39-32(30)42-33)20-10-22(35)15-23(11-20)38-8-9-45(4)5/h6-7,10-15,17-18,38H,8-9,16H2,1-5H3,(H,40,46)(H,43,44)(H,39,41,42). The van der Waals surface area contributed by atoms with E-state index in [-0.39, 0.29) is 22.7 Å². The van der Waals surface area contributed by atoms with Crippen molar-refractivity contribution in [3.8, 4) is 33.8 Å². The Bertz CT molecular complexity index is 2060. The number of amides is 1. The van der Waals surface area contributed by atoms with E-state index in [1.54, 1.807) is 36.8 Å². The first-order valence-corrected chi connectivity index (χ1v) is 14.9. The number of nitrogens with zero attached hydrogens (tertiary/aromatic N) is 5. The summed E-state index contributed by atoms with van der Waals surface area (Å²) in [7, 11) is 3.96. The van der Waals surface area contributed by atoms with Crippen LogP contribution >= 0.6 is 0 Å². The van der Waals surface area contributed by atoms with Crippen molar-refractivity contribution in [2.45, 2.75) is 27.2 Å². The molecule has 6 rings (SSSR count).